The normalized spacial score (nSPS) is 17.0. The molecular weight excluding hydrogens is 346 g/mol. The Labute approximate surface area is 157 Å². The lowest BCUT2D eigenvalue weighted by molar-refractivity contribution is -0.0856. The average Bonchev–Trinajstić information content (AvgIpc) is 3.20. The number of carbonyl (C=O) groups excluding carboxylic acids is 1. The SMILES string of the molecule is O=C(NC[C@H]1COCCO1)c1ccc(COc2ccc3ccccc3c2)o1. The second-order valence-corrected chi connectivity index (χ2v) is 6.34. The van der Waals surface area contributed by atoms with E-state index in [4.69, 9.17) is 18.6 Å². The minimum Gasteiger partial charge on any atom is -0.486 e. The highest BCUT2D eigenvalue weighted by atomic mass is 16.6. The Bertz CT molecular complexity index is 914. The number of ether oxygens (including phenoxy) is 3. The number of benzene rings is 2. The number of hydrogen-bond acceptors (Lipinski definition) is 5. The van der Waals surface area contributed by atoms with Crippen molar-refractivity contribution in [2.45, 2.75) is 12.7 Å². The van der Waals surface area contributed by atoms with E-state index in [0.717, 1.165) is 16.5 Å². The van der Waals surface area contributed by atoms with Crippen molar-refractivity contribution in [1.29, 1.82) is 0 Å². The molecule has 0 radical (unpaired) electrons. The molecule has 1 amide bonds. The summed E-state index contributed by atoms with van der Waals surface area (Å²) in [5.74, 6) is 1.32. The molecule has 1 saturated heterocycles. The second-order valence-electron chi connectivity index (χ2n) is 6.34. The molecule has 1 aliphatic rings. The first kappa shape index (κ1) is 17.6. The molecule has 27 heavy (non-hydrogen) atoms. The van der Waals surface area contributed by atoms with Crippen LogP contribution in [0.5, 0.6) is 5.75 Å². The summed E-state index contributed by atoms with van der Waals surface area (Å²) < 4.78 is 22.2. The van der Waals surface area contributed by atoms with Gasteiger partial charge in [-0.15, -0.1) is 0 Å². The average molecular weight is 367 g/mol. The van der Waals surface area contributed by atoms with Crippen LogP contribution in [-0.2, 0) is 16.1 Å². The summed E-state index contributed by atoms with van der Waals surface area (Å²) in [6.07, 6.45) is -0.117. The van der Waals surface area contributed by atoms with Crippen molar-refractivity contribution in [1.82, 2.24) is 5.32 Å². The summed E-state index contributed by atoms with van der Waals surface area (Å²) in [5, 5.41) is 5.07. The molecule has 0 saturated carbocycles. The molecule has 2 heterocycles. The third kappa shape index (κ3) is 4.48. The molecule has 2 aromatic carbocycles. The fourth-order valence-corrected chi connectivity index (χ4v) is 2.94. The molecule has 6 nitrogen and oxygen atoms in total. The predicted octanol–water partition coefficient (Wildman–Crippen LogP) is 3.16. The second kappa shape index (κ2) is 8.24. The molecule has 1 atom stereocenters. The fourth-order valence-electron chi connectivity index (χ4n) is 2.94. The lowest BCUT2D eigenvalue weighted by atomic mass is 10.1. The topological polar surface area (TPSA) is 69.9 Å². The van der Waals surface area contributed by atoms with Crippen LogP contribution in [0.4, 0.5) is 0 Å². The van der Waals surface area contributed by atoms with E-state index in [2.05, 4.69) is 11.4 Å². The van der Waals surface area contributed by atoms with Crippen molar-refractivity contribution in [3.05, 3.63) is 66.1 Å². The molecule has 0 bridgehead atoms. The molecule has 6 heteroatoms. The summed E-state index contributed by atoms with van der Waals surface area (Å²) in [6.45, 7) is 2.29. The molecule has 1 aliphatic heterocycles. The zero-order valence-corrected chi connectivity index (χ0v) is 14.9. The maximum atomic E-state index is 12.2. The summed E-state index contributed by atoms with van der Waals surface area (Å²) in [6, 6.07) is 17.4. The fraction of sp³-hybridized carbons (Fsp3) is 0.286. The molecule has 0 aliphatic carbocycles. The van der Waals surface area contributed by atoms with Gasteiger partial charge in [0.15, 0.2) is 5.76 Å². The number of amides is 1. The van der Waals surface area contributed by atoms with Crippen LogP contribution < -0.4 is 10.1 Å². The smallest absolute Gasteiger partial charge is 0.287 e. The van der Waals surface area contributed by atoms with E-state index >= 15 is 0 Å². The van der Waals surface area contributed by atoms with Gasteiger partial charge in [0.25, 0.3) is 5.91 Å². The Balaban J connectivity index is 1.31. The van der Waals surface area contributed by atoms with Crippen LogP contribution >= 0.6 is 0 Å². The highest BCUT2D eigenvalue weighted by molar-refractivity contribution is 5.91. The lowest BCUT2D eigenvalue weighted by Gasteiger charge is -2.22. The first-order valence-corrected chi connectivity index (χ1v) is 8.96. The van der Waals surface area contributed by atoms with Crippen molar-refractivity contribution >= 4 is 16.7 Å². The highest BCUT2D eigenvalue weighted by Gasteiger charge is 2.17. The van der Waals surface area contributed by atoms with Crippen molar-refractivity contribution in [2.24, 2.45) is 0 Å². The molecule has 4 rings (SSSR count). The number of rotatable bonds is 6. The highest BCUT2D eigenvalue weighted by Crippen LogP contribution is 2.21. The van der Waals surface area contributed by atoms with Gasteiger partial charge in [-0.1, -0.05) is 30.3 Å². The van der Waals surface area contributed by atoms with Crippen LogP contribution in [0.3, 0.4) is 0 Å². The minimum absolute atomic E-state index is 0.117. The van der Waals surface area contributed by atoms with Crippen molar-refractivity contribution in [3.63, 3.8) is 0 Å². The molecule has 1 fully saturated rings. The van der Waals surface area contributed by atoms with Gasteiger partial charge in [-0.05, 0) is 35.0 Å². The number of fused-ring (bicyclic) bond motifs is 1. The van der Waals surface area contributed by atoms with Crippen LogP contribution in [0.1, 0.15) is 16.3 Å². The van der Waals surface area contributed by atoms with E-state index in [1.54, 1.807) is 12.1 Å². The zero-order valence-electron chi connectivity index (χ0n) is 14.9. The third-order valence-corrected chi connectivity index (χ3v) is 4.36. The van der Waals surface area contributed by atoms with Gasteiger partial charge in [-0.2, -0.15) is 0 Å². The minimum atomic E-state index is -0.277. The maximum absolute atomic E-state index is 12.2. The Morgan fingerprint density at radius 2 is 1.96 bits per heavy atom. The number of hydrogen-bond donors (Lipinski definition) is 1. The van der Waals surface area contributed by atoms with Gasteiger partial charge in [0, 0.05) is 6.54 Å². The Kier molecular flexibility index (Phi) is 5.37. The van der Waals surface area contributed by atoms with Crippen LogP contribution in [0.15, 0.2) is 59.0 Å². The van der Waals surface area contributed by atoms with Crippen molar-refractivity contribution in [2.75, 3.05) is 26.4 Å². The van der Waals surface area contributed by atoms with Crippen molar-refractivity contribution < 1.29 is 23.4 Å². The van der Waals surface area contributed by atoms with E-state index in [1.165, 1.54) is 0 Å². The summed E-state index contributed by atoms with van der Waals surface area (Å²) in [7, 11) is 0. The first-order chi connectivity index (χ1) is 13.3. The standard InChI is InChI=1S/C21H21NO5/c23-21(22-12-19-13-24-9-10-25-19)20-8-7-18(27-20)14-26-17-6-5-15-3-1-2-4-16(15)11-17/h1-8,11,19H,9-10,12-14H2,(H,22,23)/t19-/m0/s1. The maximum Gasteiger partial charge on any atom is 0.287 e. The van der Waals surface area contributed by atoms with Gasteiger partial charge in [0.05, 0.1) is 25.9 Å². The van der Waals surface area contributed by atoms with E-state index < -0.39 is 0 Å². The molecule has 0 spiro atoms. The van der Waals surface area contributed by atoms with Gasteiger partial charge in [0.2, 0.25) is 0 Å². The third-order valence-electron chi connectivity index (χ3n) is 4.36. The van der Waals surface area contributed by atoms with Crippen LogP contribution in [0, 0.1) is 0 Å². The van der Waals surface area contributed by atoms with Crippen molar-refractivity contribution in [3.8, 4) is 5.75 Å². The van der Waals surface area contributed by atoms with Crippen LogP contribution in [0.2, 0.25) is 0 Å². The van der Waals surface area contributed by atoms with Gasteiger partial charge in [-0.3, -0.25) is 4.79 Å². The zero-order chi connectivity index (χ0) is 18.5. The first-order valence-electron chi connectivity index (χ1n) is 8.96. The number of furan rings is 1. The molecule has 140 valence electrons. The lowest BCUT2D eigenvalue weighted by Crippen LogP contribution is -2.39. The van der Waals surface area contributed by atoms with E-state index in [0.29, 0.717) is 32.1 Å². The number of carbonyl (C=O) groups is 1. The van der Waals surface area contributed by atoms with E-state index in [1.807, 2.05) is 36.4 Å². The van der Waals surface area contributed by atoms with Gasteiger partial charge in [0.1, 0.15) is 18.1 Å². The summed E-state index contributed by atoms with van der Waals surface area (Å²) in [5.41, 5.74) is 0. The predicted molar refractivity (Wildman–Crippen MR) is 99.9 cm³/mol. The molecule has 0 unspecified atom stereocenters. The Morgan fingerprint density at radius 1 is 1.07 bits per heavy atom. The summed E-state index contributed by atoms with van der Waals surface area (Å²) >= 11 is 0. The van der Waals surface area contributed by atoms with E-state index in [9.17, 15) is 4.79 Å². The molecular formula is C21H21NO5. The Hall–Kier alpha value is -2.83. The monoisotopic (exact) mass is 367 g/mol. The quantitative estimate of drug-likeness (QED) is 0.725. The number of nitrogens with one attached hydrogen (secondary N) is 1. The summed E-state index contributed by atoms with van der Waals surface area (Å²) in [4.78, 5) is 12.2. The molecule has 1 aromatic heterocycles. The molecule has 1 N–H and O–H groups in total. The van der Waals surface area contributed by atoms with Gasteiger partial charge in [-0.25, -0.2) is 0 Å². The van der Waals surface area contributed by atoms with Crippen LogP contribution in [0.25, 0.3) is 10.8 Å². The largest absolute Gasteiger partial charge is 0.486 e. The van der Waals surface area contributed by atoms with Gasteiger partial charge < -0.3 is 23.9 Å². The Morgan fingerprint density at radius 3 is 2.81 bits per heavy atom. The van der Waals surface area contributed by atoms with Crippen LogP contribution in [-0.4, -0.2) is 38.4 Å². The molecule has 3 aromatic rings. The van der Waals surface area contributed by atoms with E-state index in [-0.39, 0.29) is 24.4 Å². The van der Waals surface area contributed by atoms with Gasteiger partial charge >= 0.3 is 0 Å².